The fraction of sp³-hybridized carbons (Fsp3) is 0.857. The van der Waals surface area contributed by atoms with Gasteiger partial charge >= 0.3 is 0 Å². The van der Waals surface area contributed by atoms with Crippen molar-refractivity contribution in [1.82, 2.24) is 4.90 Å². The lowest BCUT2D eigenvalue weighted by molar-refractivity contribution is -0.140. The van der Waals surface area contributed by atoms with Crippen LogP contribution in [-0.2, 0) is 4.79 Å². The first-order chi connectivity index (χ1) is 8.22. The van der Waals surface area contributed by atoms with E-state index in [1.54, 1.807) is 0 Å². The summed E-state index contributed by atoms with van der Waals surface area (Å²) >= 11 is 0. The molecule has 2 fully saturated rings. The van der Waals surface area contributed by atoms with Crippen LogP contribution in [0.2, 0.25) is 0 Å². The molecule has 0 N–H and O–H groups in total. The van der Waals surface area contributed by atoms with E-state index in [4.69, 9.17) is 0 Å². The summed E-state index contributed by atoms with van der Waals surface area (Å²) in [5.74, 6) is 0.896. The van der Waals surface area contributed by atoms with E-state index in [0.717, 1.165) is 57.5 Å². The summed E-state index contributed by atoms with van der Waals surface area (Å²) < 4.78 is 0. The van der Waals surface area contributed by atoms with Gasteiger partial charge in [0, 0.05) is 13.1 Å². The molecule has 1 aliphatic carbocycles. The molecule has 3 heteroatoms. The molecule has 1 heterocycles. The van der Waals surface area contributed by atoms with Gasteiger partial charge in [-0.3, -0.25) is 4.79 Å². The molecule has 1 aliphatic heterocycles. The molecule has 0 spiro atoms. The van der Waals surface area contributed by atoms with E-state index in [1.807, 2.05) is 4.90 Å². The maximum Gasteiger partial charge on any atom is 0.243 e. The lowest BCUT2D eigenvalue weighted by Gasteiger charge is -2.35. The Bertz CT molecular complexity index is 318. The Kier molecular flexibility index (Phi) is 3.71. The third-order valence-corrected chi connectivity index (χ3v) is 4.56. The SMILES string of the molecule is CCC1CCN(C(=O)C2(C#N)CCCC2)CC1. The molecule has 1 saturated carbocycles. The van der Waals surface area contributed by atoms with Gasteiger partial charge in [0.25, 0.3) is 0 Å². The molecule has 2 aliphatic rings. The molecule has 0 atom stereocenters. The molecule has 0 aromatic heterocycles. The summed E-state index contributed by atoms with van der Waals surface area (Å²) in [4.78, 5) is 14.4. The number of hydrogen-bond acceptors (Lipinski definition) is 2. The molecule has 0 bridgehead atoms. The topological polar surface area (TPSA) is 44.1 Å². The van der Waals surface area contributed by atoms with Gasteiger partial charge in [-0.2, -0.15) is 5.26 Å². The van der Waals surface area contributed by atoms with Gasteiger partial charge in [0.1, 0.15) is 5.41 Å². The van der Waals surface area contributed by atoms with E-state index in [1.165, 1.54) is 6.42 Å². The summed E-state index contributed by atoms with van der Waals surface area (Å²) in [5, 5.41) is 9.32. The molecule has 0 aromatic carbocycles. The fourth-order valence-electron chi connectivity index (χ4n) is 3.20. The minimum atomic E-state index is -0.668. The molecule has 0 unspecified atom stereocenters. The first-order valence-electron chi connectivity index (χ1n) is 6.92. The Labute approximate surface area is 104 Å². The summed E-state index contributed by atoms with van der Waals surface area (Å²) in [6, 6.07) is 2.31. The number of piperidine rings is 1. The van der Waals surface area contributed by atoms with Crippen LogP contribution in [0.25, 0.3) is 0 Å². The number of likely N-dealkylation sites (tertiary alicyclic amines) is 1. The Balaban J connectivity index is 1.99. The van der Waals surface area contributed by atoms with Crippen LogP contribution >= 0.6 is 0 Å². The molecule has 1 amide bonds. The fourth-order valence-corrected chi connectivity index (χ4v) is 3.20. The minimum absolute atomic E-state index is 0.118. The van der Waals surface area contributed by atoms with Crippen molar-refractivity contribution in [1.29, 1.82) is 5.26 Å². The van der Waals surface area contributed by atoms with Gasteiger partial charge in [0.2, 0.25) is 5.91 Å². The Hall–Kier alpha value is -1.04. The summed E-state index contributed by atoms with van der Waals surface area (Å²) in [6.45, 7) is 3.94. The predicted molar refractivity (Wildman–Crippen MR) is 66.1 cm³/mol. The number of hydrogen-bond donors (Lipinski definition) is 0. The number of nitriles is 1. The Morgan fingerprint density at radius 3 is 2.41 bits per heavy atom. The van der Waals surface area contributed by atoms with Crippen LogP contribution < -0.4 is 0 Å². The highest BCUT2D eigenvalue weighted by atomic mass is 16.2. The number of rotatable bonds is 2. The Morgan fingerprint density at radius 2 is 1.94 bits per heavy atom. The smallest absolute Gasteiger partial charge is 0.243 e. The van der Waals surface area contributed by atoms with Gasteiger partial charge in [-0.1, -0.05) is 26.2 Å². The van der Waals surface area contributed by atoms with Crippen LogP contribution in [-0.4, -0.2) is 23.9 Å². The van der Waals surface area contributed by atoms with Crippen LogP contribution in [0.4, 0.5) is 0 Å². The summed E-state index contributed by atoms with van der Waals surface area (Å²) in [6.07, 6.45) is 7.06. The molecular weight excluding hydrogens is 212 g/mol. The minimum Gasteiger partial charge on any atom is -0.341 e. The second-order valence-electron chi connectivity index (χ2n) is 5.54. The summed E-state index contributed by atoms with van der Waals surface area (Å²) in [7, 11) is 0. The van der Waals surface area contributed by atoms with Gasteiger partial charge in [-0.25, -0.2) is 0 Å². The van der Waals surface area contributed by atoms with Gasteiger partial charge in [-0.05, 0) is 31.6 Å². The highest BCUT2D eigenvalue weighted by Gasteiger charge is 2.44. The second-order valence-corrected chi connectivity index (χ2v) is 5.54. The number of carbonyl (C=O) groups excluding carboxylic acids is 1. The molecule has 2 rings (SSSR count). The average molecular weight is 234 g/mol. The number of amides is 1. The highest BCUT2D eigenvalue weighted by Crippen LogP contribution is 2.39. The third-order valence-electron chi connectivity index (χ3n) is 4.56. The molecule has 1 saturated heterocycles. The predicted octanol–water partition coefficient (Wildman–Crippen LogP) is 2.72. The molecule has 0 aromatic rings. The standard InChI is InChI=1S/C14H22N2O/c1-2-12-5-9-16(10-6-12)13(17)14(11-15)7-3-4-8-14/h12H,2-10H2,1H3. The molecular formula is C14H22N2O. The molecule has 3 nitrogen and oxygen atoms in total. The lowest BCUT2D eigenvalue weighted by Crippen LogP contribution is -2.45. The molecule has 0 radical (unpaired) electrons. The zero-order chi connectivity index (χ0) is 12.3. The first-order valence-corrected chi connectivity index (χ1v) is 6.92. The molecule has 17 heavy (non-hydrogen) atoms. The lowest BCUT2D eigenvalue weighted by atomic mass is 9.85. The van der Waals surface area contributed by atoms with E-state index in [9.17, 15) is 10.1 Å². The summed E-state index contributed by atoms with van der Waals surface area (Å²) in [5.41, 5.74) is -0.668. The van der Waals surface area contributed by atoms with Crippen molar-refractivity contribution < 1.29 is 4.79 Å². The average Bonchev–Trinajstić information content (AvgIpc) is 2.88. The van der Waals surface area contributed by atoms with E-state index in [0.29, 0.717) is 0 Å². The van der Waals surface area contributed by atoms with Crippen LogP contribution in [0.5, 0.6) is 0 Å². The van der Waals surface area contributed by atoms with Gasteiger partial charge in [0.05, 0.1) is 6.07 Å². The van der Waals surface area contributed by atoms with Crippen molar-refractivity contribution in [2.24, 2.45) is 11.3 Å². The van der Waals surface area contributed by atoms with Crippen molar-refractivity contribution in [3.05, 3.63) is 0 Å². The van der Waals surface area contributed by atoms with Crippen molar-refractivity contribution >= 4 is 5.91 Å². The van der Waals surface area contributed by atoms with Crippen molar-refractivity contribution in [3.63, 3.8) is 0 Å². The van der Waals surface area contributed by atoms with Gasteiger partial charge in [-0.15, -0.1) is 0 Å². The van der Waals surface area contributed by atoms with Crippen molar-refractivity contribution in [2.45, 2.75) is 51.9 Å². The second kappa shape index (κ2) is 5.08. The van der Waals surface area contributed by atoms with Crippen LogP contribution in [0.3, 0.4) is 0 Å². The maximum atomic E-state index is 12.5. The normalized spacial score (nSPS) is 24.6. The maximum absolute atomic E-state index is 12.5. The van der Waals surface area contributed by atoms with Crippen LogP contribution in [0.15, 0.2) is 0 Å². The highest BCUT2D eigenvalue weighted by molar-refractivity contribution is 5.85. The van der Waals surface area contributed by atoms with E-state index in [2.05, 4.69) is 13.0 Å². The quantitative estimate of drug-likeness (QED) is 0.737. The first kappa shape index (κ1) is 12.4. The van der Waals surface area contributed by atoms with E-state index >= 15 is 0 Å². The zero-order valence-corrected chi connectivity index (χ0v) is 10.7. The Morgan fingerprint density at radius 1 is 1.35 bits per heavy atom. The van der Waals surface area contributed by atoms with Gasteiger partial charge < -0.3 is 4.90 Å². The number of carbonyl (C=O) groups is 1. The van der Waals surface area contributed by atoms with Crippen LogP contribution in [0.1, 0.15) is 51.9 Å². The van der Waals surface area contributed by atoms with Crippen molar-refractivity contribution in [3.8, 4) is 6.07 Å². The van der Waals surface area contributed by atoms with Gasteiger partial charge in [0.15, 0.2) is 0 Å². The third kappa shape index (κ3) is 2.31. The van der Waals surface area contributed by atoms with Crippen LogP contribution in [0, 0.1) is 22.7 Å². The number of nitrogens with zero attached hydrogens (tertiary/aromatic N) is 2. The van der Waals surface area contributed by atoms with E-state index < -0.39 is 5.41 Å². The monoisotopic (exact) mass is 234 g/mol. The van der Waals surface area contributed by atoms with E-state index in [-0.39, 0.29) is 5.91 Å². The van der Waals surface area contributed by atoms with Crippen molar-refractivity contribution in [2.75, 3.05) is 13.1 Å². The molecule has 94 valence electrons. The largest absolute Gasteiger partial charge is 0.341 e. The zero-order valence-electron chi connectivity index (χ0n) is 10.7.